The monoisotopic (exact) mass is 350 g/mol. The minimum absolute atomic E-state index is 0.0934. The maximum atomic E-state index is 12.8. The van der Waals surface area contributed by atoms with Gasteiger partial charge in [-0.1, -0.05) is 0 Å². The Morgan fingerprint density at radius 1 is 0.962 bits per heavy atom. The molecule has 5 nitrogen and oxygen atoms in total. The number of aliphatic imine (C=N–C) groups is 1. The van der Waals surface area contributed by atoms with E-state index in [0.717, 1.165) is 30.0 Å². The van der Waals surface area contributed by atoms with Crippen LogP contribution < -0.4 is 14.4 Å². The number of benzene rings is 2. The summed E-state index contributed by atoms with van der Waals surface area (Å²) in [7, 11) is 3.24. The summed E-state index contributed by atoms with van der Waals surface area (Å²) in [6.45, 7) is 2.12. The van der Waals surface area contributed by atoms with Gasteiger partial charge in [0.15, 0.2) is 5.78 Å². The fourth-order valence-electron chi connectivity index (χ4n) is 3.64. The number of ketones is 1. The molecule has 0 amide bonds. The zero-order chi connectivity index (χ0) is 18.1. The normalized spacial score (nSPS) is 16.3. The first-order valence-electron chi connectivity index (χ1n) is 8.92. The number of hydrogen-bond acceptors (Lipinski definition) is 5. The second-order valence-corrected chi connectivity index (χ2v) is 6.62. The molecule has 134 valence electrons. The SMILES string of the molecule is COc1ccc(OC)c(C2=Nc3ccc(N4CCCC4)cc3C(=O)C2)c1. The summed E-state index contributed by atoms with van der Waals surface area (Å²) >= 11 is 0. The summed E-state index contributed by atoms with van der Waals surface area (Å²) in [5.41, 5.74) is 4.07. The van der Waals surface area contributed by atoms with Crippen molar-refractivity contribution < 1.29 is 14.3 Å². The Bertz CT molecular complexity index is 883. The van der Waals surface area contributed by atoms with Crippen LogP contribution in [0.1, 0.15) is 35.2 Å². The smallest absolute Gasteiger partial charge is 0.171 e. The third kappa shape index (κ3) is 2.94. The van der Waals surface area contributed by atoms with Gasteiger partial charge in [0, 0.05) is 29.9 Å². The Morgan fingerprint density at radius 2 is 1.77 bits per heavy atom. The lowest BCUT2D eigenvalue weighted by Crippen LogP contribution is -2.19. The van der Waals surface area contributed by atoms with Crippen molar-refractivity contribution in [1.82, 2.24) is 0 Å². The van der Waals surface area contributed by atoms with E-state index in [1.54, 1.807) is 14.2 Å². The Morgan fingerprint density at radius 3 is 2.50 bits per heavy atom. The Hall–Kier alpha value is -2.82. The van der Waals surface area contributed by atoms with Gasteiger partial charge in [-0.25, -0.2) is 0 Å². The van der Waals surface area contributed by atoms with Crippen LogP contribution in [0.15, 0.2) is 41.4 Å². The standard InChI is InChI=1S/C21H22N2O3/c1-25-15-6-8-21(26-2)17(12-15)19-13-20(24)16-11-14(5-7-18(16)22-19)23-9-3-4-10-23/h5-8,11-12H,3-4,9-10,13H2,1-2H3. The molecule has 1 fully saturated rings. The van der Waals surface area contributed by atoms with E-state index in [9.17, 15) is 4.79 Å². The summed E-state index contributed by atoms with van der Waals surface area (Å²) in [5.74, 6) is 1.50. The molecule has 2 aliphatic rings. The first-order chi connectivity index (χ1) is 12.7. The van der Waals surface area contributed by atoms with Gasteiger partial charge in [0.05, 0.1) is 32.0 Å². The van der Waals surface area contributed by atoms with Crippen molar-refractivity contribution in [3.8, 4) is 11.5 Å². The number of carbonyl (C=O) groups excluding carboxylic acids is 1. The van der Waals surface area contributed by atoms with Gasteiger partial charge in [-0.3, -0.25) is 9.79 Å². The van der Waals surface area contributed by atoms with Crippen LogP contribution >= 0.6 is 0 Å². The van der Waals surface area contributed by atoms with Crippen molar-refractivity contribution in [3.05, 3.63) is 47.5 Å². The average Bonchev–Trinajstić information content (AvgIpc) is 3.22. The highest BCUT2D eigenvalue weighted by Crippen LogP contribution is 2.35. The van der Waals surface area contributed by atoms with Crippen LogP contribution in [0.4, 0.5) is 11.4 Å². The molecule has 2 heterocycles. The predicted molar refractivity (Wildman–Crippen MR) is 103 cm³/mol. The topological polar surface area (TPSA) is 51.1 Å². The van der Waals surface area contributed by atoms with Crippen molar-refractivity contribution in [3.63, 3.8) is 0 Å². The number of carbonyl (C=O) groups is 1. The summed E-state index contributed by atoms with van der Waals surface area (Å²) in [6, 6.07) is 11.6. The van der Waals surface area contributed by atoms with Crippen LogP contribution in [0.25, 0.3) is 0 Å². The number of nitrogens with zero attached hydrogens (tertiary/aromatic N) is 2. The van der Waals surface area contributed by atoms with Crippen LogP contribution in [0.3, 0.4) is 0 Å². The average molecular weight is 350 g/mol. The Balaban J connectivity index is 1.74. The van der Waals surface area contributed by atoms with Crippen molar-refractivity contribution in [2.75, 3.05) is 32.2 Å². The number of Topliss-reactive ketones (excluding diaryl/α,β-unsaturated/α-hetero) is 1. The summed E-state index contributed by atoms with van der Waals surface area (Å²) in [4.78, 5) is 19.9. The first-order valence-corrected chi connectivity index (χ1v) is 8.92. The van der Waals surface area contributed by atoms with Gasteiger partial charge in [-0.15, -0.1) is 0 Å². The van der Waals surface area contributed by atoms with E-state index in [1.165, 1.54) is 12.8 Å². The third-order valence-corrected chi connectivity index (χ3v) is 5.05. The van der Waals surface area contributed by atoms with Gasteiger partial charge in [0.2, 0.25) is 0 Å². The second kappa shape index (κ2) is 6.83. The zero-order valence-corrected chi connectivity index (χ0v) is 15.1. The molecule has 0 radical (unpaired) electrons. The van der Waals surface area contributed by atoms with E-state index in [2.05, 4.69) is 11.0 Å². The molecule has 0 unspecified atom stereocenters. The molecule has 5 heteroatoms. The maximum Gasteiger partial charge on any atom is 0.171 e. The van der Waals surface area contributed by atoms with Gasteiger partial charge in [0.25, 0.3) is 0 Å². The zero-order valence-electron chi connectivity index (χ0n) is 15.1. The van der Waals surface area contributed by atoms with E-state index >= 15 is 0 Å². The van der Waals surface area contributed by atoms with E-state index in [0.29, 0.717) is 22.8 Å². The van der Waals surface area contributed by atoms with Crippen molar-refractivity contribution >= 4 is 22.9 Å². The molecule has 0 bridgehead atoms. The fourth-order valence-corrected chi connectivity index (χ4v) is 3.64. The minimum atomic E-state index is 0.0934. The molecule has 1 saturated heterocycles. The predicted octanol–water partition coefficient (Wildman–Crippen LogP) is 4.01. The fraction of sp³-hybridized carbons (Fsp3) is 0.333. The van der Waals surface area contributed by atoms with E-state index in [1.807, 2.05) is 30.3 Å². The Labute approximate surface area is 153 Å². The van der Waals surface area contributed by atoms with E-state index in [-0.39, 0.29) is 12.2 Å². The molecule has 2 aromatic rings. The quantitative estimate of drug-likeness (QED) is 0.836. The van der Waals surface area contributed by atoms with E-state index < -0.39 is 0 Å². The molecule has 0 atom stereocenters. The van der Waals surface area contributed by atoms with Crippen LogP contribution in [0.5, 0.6) is 11.5 Å². The number of rotatable bonds is 4. The number of ether oxygens (including phenoxy) is 2. The van der Waals surface area contributed by atoms with Crippen LogP contribution in [0.2, 0.25) is 0 Å². The molecule has 0 spiro atoms. The van der Waals surface area contributed by atoms with Gasteiger partial charge in [-0.2, -0.15) is 0 Å². The minimum Gasteiger partial charge on any atom is -0.497 e. The number of anilines is 1. The molecular weight excluding hydrogens is 328 g/mol. The van der Waals surface area contributed by atoms with Crippen molar-refractivity contribution in [2.45, 2.75) is 19.3 Å². The number of fused-ring (bicyclic) bond motifs is 1. The summed E-state index contributed by atoms with van der Waals surface area (Å²) < 4.78 is 10.8. The molecular formula is C21H22N2O3. The van der Waals surface area contributed by atoms with Crippen LogP contribution in [-0.2, 0) is 0 Å². The van der Waals surface area contributed by atoms with Crippen LogP contribution in [-0.4, -0.2) is 38.8 Å². The molecule has 2 aliphatic heterocycles. The van der Waals surface area contributed by atoms with Gasteiger partial charge in [-0.05, 0) is 49.2 Å². The lowest BCUT2D eigenvalue weighted by atomic mass is 9.95. The highest BCUT2D eigenvalue weighted by Gasteiger charge is 2.25. The highest BCUT2D eigenvalue weighted by atomic mass is 16.5. The molecule has 26 heavy (non-hydrogen) atoms. The van der Waals surface area contributed by atoms with Crippen molar-refractivity contribution in [2.24, 2.45) is 4.99 Å². The second-order valence-electron chi connectivity index (χ2n) is 6.62. The summed E-state index contributed by atoms with van der Waals surface area (Å²) in [5, 5.41) is 0. The van der Waals surface area contributed by atoms with Crippen LogP contribution in [0, 0.1) is 0 Å². The van der Waals surface area contributed by atoms with Gasteiger partial charge >= 0.3 is 0 Å². The largest absolute Gasteiger partial charge is 0.497 e. The summed E-state index contributed by atoms with van der Waals surface area (Å²) in [6.07, 6.45) is 2.69. The highest BCUT2D eigenvalue weighted by molar-refractivity contribution is 6.22. The Kier molecular flexibility index (Phi) is 4.37. The number of hydrogen-bond donors (Lipinski definition) is 0. The molecule has 0 aromatic heterocycles. The first kappa shape index (κ1) is 16.6. The van der Waals surface area contributed by atoms with Gasteiger partial charge < -0.3 is 14.4 Å². The van der Waals surface area contributed by atoms with Crippen molar-refractivity contribution in [1.29, 1.82) is 0 Å². The third-order valence-electron chi connectivity index (χ3n) is 5.05. The lowest BCUT2D eigenvalue weighted by Gasteiger charge is -2.21. The molecule has 0 aliphatic carbocycles. The molecule has 4 rings (SSSR count). The maximum absolute atomic E-state index is 12.8. The van der Waals surface area contributed by atoms with Gasteiger partial charge in [0.1, 0.15) is 11.5 Å². The van der Waals surface area contributed by atoms with E-state index in [4.69, 9.17) is 14.5 Å². The molecule has 2 aromatic carbocycles. The molecule has 0 N–H and O–H groups in total. The number of methoxy groups -OCH3 is 2. The lowest BCUT2D eigenvalue weighted by molar-refractivity contribution is 0.1000. The molecule has 0 saturated carbocycles.